The number of hydrogen-bond donors (Lipinski definition) is 2. The first-order valence-corrected chi connectivity index (χ1v) is 8.90. The van der Waals surface area contributed by atoms with Crippen molar-refractivity contribution in [3.8, 4) is 0 Å². The summed E-state index contributed by atoms with van der Waals surface area (Å²) in [5.41, 5.74) is 4.43. The Bertz CT molecular complexity index is 868. The molecule has 0 saturated carbocycles. The highest BCUT2D eigenvalue weighted by atomic mass is 16.5. The predicted octanol–water partition coefficient (Wildman–Crippen LogP) is 2.58. The maximum Gasteiger partial charge on any atom is 0.356 e. The summed E-state index contributed by atoms with van der Waals surface area (Å²) in [6.45, 7) is 4.27. The summed E-state index contributed by atoms with van der Waals surface area (Å²) in [7, 11) is 1.33. The largest absolute Gasteiger partial charge is 0.464 e. The molecule has 26 heavy (non-hydrogen) atoms. The summed E-state index contributed by atoms with van der Waals surface area (Å²) >= 11 is 0. The van der Waals surface area contributed by atoms with Gasteiger partial charge in [0.2, 0.25) is 5.91 Å². The number of carbonyl (C=O) groups excluding carboxylic acids is 2. The summed E-state index contributed by atoms with van der Waals surface area (Å²) < 4.78 is 4.85. The molecule has 136 valence electrons. The molecule has 1 aromatic carbocycles. The SMILES string of the molecule is COC(=O)c1[nH]nc2c1C(c1ccc(N3CCCC3)c(C)c1)CC(=O)N2. The molecule has 4 rings (SSSR count). The standard InChI is InChI=1S/C19H22N4O3/c1-11-9-12(5-6-14(11)23-7-3-4-8-23)13-10-15(24)20-18-16(13)17(21-22-18)19(25)26-2/h5-6,9,13H,3-4,7-8,10H2,1-2H3,(H2,20,21,22,24). The van der Waals surface area contributed by atoms with E-state index in [0.717, 1.165) is 18.7 Å². The molecule has 2 aromatic rings. The lowest BCUT2D eigenvalue weighted by Gasteiger charge is -2.25. The normalized spacial score (nSPS) is 19.2. The highest BCUT2D eigenvalue weighted by Crippen LogP contribution is 2.39. The number of carbonyl (C=O) groups is 2. The second kappa shape index (κ2) is 6.48. The number of anilines is 2. The molecule has 0 aliphatic carbocycles. The number of hydrogen-bond acceptors (Lipinski definition) is 5. The van der Waals surface area contributed by atoms with Crippen LogP contribution in [0, 0.1) is 6.92 Å². The molecular weight excluding hydrogens is 332 g/mol. The van der Waals surface area contributed by atoms with Crippen molar-refractivity contribution >= 4 is 23.4 Å². The number of ether oxygens (including phenoxy) is 1. The van der Waals surface area contributed by atoms with E-state index in [1.807, 2.05) is 0 Å². The van der Waals surface area contributed by atoms with Crippen LogP contribution in [0.5, 0.6) is 0 Å². The van der Waals surface area contributed by atoms with E-state index in [1.165, 1.54) is 31.2 Å². The van der Waals surface area contributed by atoms with Crippen LogP contribution in [0.1, 0.15) is 52.4 Å². The first-order chi connectivity index (χ1) is 12.6. The number of nitrogens with zero attached hydrogens (tertiary/aromatic N) is 2. The summed E-state index contributed by atoms with van der Waals surface area (Å²) in [6, 6.07) is 6.30. The molecule has 3 heterocycles. The molecule has 2 aliphatic heterocycles. The molecule has 2 aliphatic rings. The molecule has 7 heteroatoms. The number of esters is 1. The number of aromatic nitrogens is 2. The Morgan fingerprint density at radius 3 is 2.77 bits per heavy atom. The van der Waals surface area contributed by atoms with E-state index in [-0.39, 0.29) is 18.2 Å². The van der Waals surface area contributed by atoms with Gasteiger partial charge in [-0.1, -0.05) is 12.1 Å². The van der Waals surface area contributed by atoms with Gasteiger partial charge in [-0.15, -0.1) is 0 Å². The van der Waals surface area contributed by atoms with Crippen molar-refractivity contribution in [1.82, 2.24) is 10.2 Å². The minimum Gasteiger partial charge on any atom is -0.464 e. The molecule has 1 aromatic heterocycles. The van der Waals surface area contributed by atoms with Crippen molar-refractivity contribution in [3.05, 3.63) is 40.6 Å². The zero-order valence-electron chi connectivity index (χ0n) is 15.0. The number of nitrogens with one attached hydrogen (secondary N) is 2. The first kappa shape index (κ1) is 16.6. The number of benzene rings is 1. The monoisotopic (exact) mass is 354 g/mol. The third-order valence-corrected chi connectivity index (χ3v) is 5.26. The Labute approximate surface area is 151 Å². The van der Waals surface area contributed by atoms with E-state index in [9.17, 15) is 9.59 Å². The van der Waals surface area contributed by atoms with Gasteiger partial charge in [-0.25, -0.2) is 4.79 Å². The Balaban J connectivity index is 1.74. The Kier molecular flexibility index (Phi) is 4.14. The van der Waals surface area contributed by atoms with E-state index in [2.05, 4.69) is 45.5 Å². The van der Waals surface area contributed by atoms with Crippen LogP contribution in [0.25, 0.3) is 0 Å². The van der Waals surface area contributed by atoms with Crippen molar-refractivity contribution < 1.29 is 14.3 Å². The Hall–Kier alpha value is -2.83. The van der Waals surface area contributed by atoms with Gasteiger partial charge in [0, 0.05) is 36.7 Å². The fourth-order valence-corrected chi connectivity index (χ4v) is 4.01. The van der Waals surface area contributed by atoms with Crippen molar-refractivity contribution in [2.24, 2.45) is 0 Å². The fourth-order valence-electron chi connectivity index (χ4n) is 4.01. The third-order valence-electron chi connectivity index (χ3n) is 5.26. The van der Waals surface area contributed by atoms with Crippen molar-refractivity contribution in [2.45, 2.75) is 32.1 Å². The lowest BCUT2D eigenvalue weighted by molar-refractivity contribution is -0.116. The number of aromatic amines is 1. The molecule has 1 saturated heterocycles. The van der Waals surface area contributed by atoms with Crippen LogP contribution in [-0.4, -0.2) is 42.3 Å². The number of amides is 1. The minimum absolute atomic E-state index is 0.105. The summed E-state index contributed by atoms with van der Waals surface area (Å²) in [5, 5.41) is 9.53. The van der Waals surface area contributed by atoms with Crippen LogP contribution >= 0.6 is 0 Å². The fraction of sp³-hybridized carbons (Fsp3) is 0.421. The molecule has 0 radical (unpaired) electrons. The van der Waals surface area contributed by atoms with Crippen LogP contribution in [0.2, 0.25) is 0 Å². The molecule has 0 bridgehead atoms. The van der Waals surface area contributed by atoms with E-state index in [4.69, 9.17) is 4.74 Å². The summed E-state index contributed by atoms with van der Waals surface area (Å²) in [4.78, 5) is 26.6. The second-order valence-corrected chi connectivity index (χ2v) is 6.90. The second-order valence-electron chi connectivity index (χ2n) is 6.90. The molecule has 2 N–H and O–H groups in total. The summed E-state index contributed by atoms with van der Waals surface area (Å²) in [5.74, 6) is -0.400. The van der Waals surface area contributed by atoms with Gasteiger partial charge in [0.15, 0.2) is 5.82 Å². The molecule has 7 nitrogen and oxygen atoms in total. The molecule has 1 unspecified atom stereocenters. The van der Waals surface area contributed by atoms with Gasteiger partial charge in [-0.05, 0) is 37.0 Å². The van der Waals surface area contributed by atoms with Crippen LogP contribution < -0.4 is 10.2 Å². The maximum absolute atomic E-state index is 12.1. The lowest BCUT2D eigenvalue weighted by Crippen LogP contribution is -2.25. The highest BCUT2D eigenvalue weighted by Gasteiger charge is 2.34. The predicted molar refractivity (Wildman–Crippen MR) is 97.6 cm³/mol. The van der Waals surface area contributed by atoms with Gasteiger partial charge in [-0.3, -0.25) is 9.89 Å². The molecule has 1 fully saturated rings. The molecule has 1 amide bonds. The van der Waals surface area contributed by atoms with Gasteiger partial charge in [-0.2, -0.15) is 5.10 Å². The van der Waals surface area contributed by atoms with Crippen LogP contribution in [-0.2, 0) is 9.53 Å². The van der Waals surface area contributed by atoms with Crippen LogP contribution in [0.3, 0.4) is 0 Å². The minimum atomic E-state index is -0.481. The number of fused-ring (bicyclic) bond motifs is 1. The number of methoxy groups -OCH3 is 1. The van der Waals surface area contributed by atoms with E-state index in [1.54, 1.807) is 0 Å². The Morgan fingerprint density at radius 2 is 2.08 bits per heavy atom. The van der Waals surface area contributed by atoms with Crippen molar-refractivity contribution in [1.29, 1.82) is 0 Å². The van der Waals surface area contributed by atoms with E-state index in [0.29, 0.717) is 17.1 Å². The average Bonchev–Trinajstić information content (AvgIpc) is 3.30. The molecule has 0 spiro atoms. The van der Waals surface area contributed by atoms with Gasteiger partial charge < -0.3 is 15.0 Å². The van der Waals surface area contributed by atoms with Crippen molar-refractivity contribution in [2.75, 3.05) is 30.4 Å². The number of rotatable bonds is 3. The van der Waals surface area contributed by atoms with Crippen molar-refractivity contribution in [3.63, 3.8) is 0 Å². The van der Waals surface area contributed by atoms with E-state index >= 15 is 0 Å². The smallest absolute Gasteiger partial charge is 0.356 e. The third kappa shape index (κ3) is 2.73. The van der Waals surface area contributed by atoms with Gasteiger partial charge in [0.05, 0.1) is 7.11 Å². The molecular formula is C19H22N4O3. The van der Waals surface area contributed by atoms with Gasteiger partial charge >= 0.3 is 5.97 Å². The van der Waals surface area contributed by atoms with Gasteiger partial charge in [0.25, 0.3) is 0 Å². The van der Waals surface area contributed by atoms with Crippen LogP contribution in [0.15, 0.2) is 18.2 Å². The van der Waals surface area contributed by atoms with E-state index < -0.39 is 5.97 Å². The Morgan fingerprint density at radius 1 is 1.31 bits per heavy atom. The lowest BCUT2D eigenvalue weighted by atomic mass is 9.84. The first-order valence-electron chi connectivity index (χ1n) is 8.90. The number of aryl methyl sites for hydroxylation is 1. The van der Waals surface area contributed by atoms with Gasteiger partial charge in [0.1, 0.15) is 5.69 Å². The zero-order chi connectivity index (χ0) is 18.3. The molecule has 1 atom stereocenters. The topological polar surface area (TPSA) is 87.3 Å². The van der Waals surface area contributed by atoms with Crippen LogP contribution in [0.4, 0.5) is 11.5 Å². The average molecular weight is 354 g/mol. The quantitative estimate of drug-likeness (QED) is 0.827. The summed E-state index contributed by atoms with van der Waals surface area (Å²) in [6.07, 6.45) is 2.73. The zero-order valence-corrected chi connectivity index (χ0v) is 15.0. The maximum atomic E-state index is 12.1. The highest BCUT2D eigenvalue weighted by molar-refractivity contribution is 5.98. The number of H-pyrrole nitrogens is 1.